The molecule has 0 atom stereocenters. The first-order valence-electron chi connectivity index (χ1n) is 7.74. The van der Waals surface area contributed by atoms with Crippen LogP contribution >= 0.6 is 0 Å². The molecule has 0 fully saturated rings. The number of methoxy groups -OCH3 is 1. The van der Waals surface area contributed by atoms with Crippen LogP contribution in [-0.4, -0.2) is 80.6 Å². The SMILES string of the molecule is CC[N+](CC)(CC)CCOC.O=S(=O)([O-])C(F)(F)C(F)(F)C(F)(F)C(F)(F)F. The second-order valence-electron chi connectivity index (χ2n) is 5.62. The van der Waals surface area contributed by atoms with Gasteiger partial charge in [0.2, 0.25) is 0 Å². The molecule has 15 heteroatoms. The summed E-state index contributed by atoms with van der Waals surface area (Å²) >= 11 is 0. The number of hydrogen-bond acceptors (Lipinski definition) is 4. The third-order valence-corrected chi connectivity index (χ3v) is 5.10. The van der Waals surface area contributed by atoms with Gasteiger partial charge in [0.05, 0.1) is 26.2 Å². The van der Waals surface area contributed by atoms with Crippen molar-refractivity contribution in [3.8, 4) is 0 Å². The Labute approximate surface area is 156 Å². The van der Waals surface area contributed by atoms with Gasteiger partial charge in [-0.3, -0.25) is 0 Å². The minimum atomic E-state index is -7.43. The summed E-state index contributed by atoms with van der Waals surface area (Å²) < 4.78 is 142. The molecule has 0 aromatic heterocycles. The number of halogens is 9. The van der Waals surface area contributed by atoms with E-state index in [1.807, 2.05) is 0 Å². The topological polar surface area (TPSA) is 66.4 Å². The van der Waals surface area contributed by atoms with Crippen LogP contribution in [0.1, 0.15) is 20.8 Å². The lowest BCUT2D eigenvalue weighted by molar-refractivity contribution is -0.923. The molecule has 0 bridgehead atoms. The van der Waals surface area contributed by atoms with E-state index in [1.165, 1.54) is 24.1 Å². The molecule has 0 saturated carbocycles. The van der Waals surface area contributed by atoms with E-state index in [1.54, 1.807) is 7.11 Å². The summed E-state index contributed by atoms with van der Waals surface area (Å²) in [5.74, 6) is -14.8. The van der Waals surface area contributed by atoms with Crippen molar-refractivity contribution < 1.29 is 61.7 Å². The first-order valence-corrected chi connectivity index (χ1v) is 9.15. The fourth-order valence-corrected chi connectivity index (χ4v) is 2.39. The van der Waals surface area contributed by atoms with Gasteiger partial charge in [-0.15, -0.1) is 0 Å². The van der Waals surface area contributed by atoms with Crippen molar-refractivity contribution in [2.24, 2.45) is 0 Å². The van der Waals surface area contributed by atoms with Crippen LogP contribution in [0.15, 0.2) is 0 Å². The molecule has 0 spiro atoms. The molecular formula is C13H22F9NO4S. The van der Waals surface area contributed by atoms with E-state index < -0.39 is 33.4 Å². The van der Waals surface area contributed by atoms with Gasteiger partial charge in [0.15, 0.2) is 10.1 Å². The van der Waals surface area contributed by atoms with Crippen molar-refractivity contribution in [1.29, 1.82) is 0 Å². The van der Waals surface area contributed by atoms with E-state index >= 15 is 0 Å². The van der Waals surface area contributed by atoms with Gasteiger partial charge >= 0.3 is 23.3 Å². The van der Waals surface area contributed by atoms with E-state index in [4.69, 9.17) is 4.74 Å². The fourth-order valence-electron chi connectivity index (χ4n) is 1.95. The van der Waals surface area contributed by atoms with Gasteiger partial charge in [0.1, 0.15) is 6.54 Å². The molecule has 0 aliphatic heterocycles. The Hall–Kier alpha value is -0.800. The predicted molar refractivity (Wildman–Crippen MR) is 79.2 cm³/mol. The molecular weight excluding hydrogens is 437 g/mol. The van der Waals surface area contributed by atoms with Crippen LogP contribution in [0.5, 0.6) is 0 Å². The lowest BCUT2D eigenvalue weighted by atomic mass is 10.1. The summed E-state index contributed by atoms with van der Waals surface area (Å²) in [7, 11) is -5.64. The standard InChI is InChI=1S/C9H22NO.C4HF9O3S/c1-5-10(6-2,7-3)8-9-11-4;5-1(6,3(9,10)11)2(7,8)4(12,13)17(14,15)16/h5-9H2,1-4H3;(H,14,15,16)/q+1;/p-1. The summed E-state index contributed by atoms with van der Waals surface area (Å²) in [4.78, 5) is 0. The average molecular weight is 459 g/mol. The molecule has 0 aromatic rings. The number of hydrogen-bond donors (Lipinski definition) is 0. The highest BCUT2D eigenvalue weighted by molar-refractivity contribution is 7.86. The zero-order chi connectivity index (χ0) is 23.2. The summed E-state index contributed by atoms with van der Waals surface area (Å²) in [6.45, 7) is 12.5. The molecule has 0 rings (SSSR count). The van der Waals surface area contributed by atoms with Crippen molar-refractivity contribution in [3.05, 3.63) is 0 Å². The number of quaternary nitrogens is 1. The Balaban J connectivity index is 0. The van der Waals surface area contributed by atoms with Crippen molar-refractivity contribution in [1.82, 2.24) is 0 Å². The van der Waals surface area contributed by atoms with E-state index in [-0.39, 0.29) is 0 Å². The third-order valence-electron chi connectivity index (χ3n) is 4.21. The van der Waals surface area contributed by atoms with Crippen LogP contribution in [0.25, 0.3) is 0 Å². The quantitative estimate of drug-likeness (QED) is 0.301. The van der Waals surface area contributed by atoms with Crippen molar-refractivity contribution in [2.45, 2.75) is 44.0 Å². The lowest BCUT2D eigenvalue weighted by Gasteiger charge is -2.35. The maximum atomic E-state index is 12.2. The van der Waals surface area contributed by atoms with E-state index in [0.29, 0.717) is 0 Å². The van der Waals surface area contributed by atoms with Gasteiger partial charge in [-0.2, -0.15) is 39.5 Å². The number of likely N-dealkylation sites (N-methyl/N-ethyl adjacent to an activating group) is 1. The maximum Gasteiger partial charge on any atom is 0.460 e. The molecule has 0 radical (unpaired) electrons. The highest BCUT2D eigenvalue weighted by Gasteiger charge is 2.83. The number of rotatable bonds is 9. The smallest absolute Gasteiger partial charge is 0.460 e. The number of ether oxygens (including phenoxy) is 1. The first-order chi connectivity index (χ1) is 12.2. The summed E-state index contributed by atoms with van der Waals surface area (Å²) in [5.41, 5.74) is 0. The summed E-state index contributed by atoms with van der Waals surface area (Å²) in [5, 5.41) is -7.11. The molecule has 0 amide bonds. The summed E-state index contributed by atoms with van der Waals surface area (Å²) in [6, 6.07) is 0. The molecule has 0 heterocycles. The Kier molecular flexibility index (Phi) is 10.3. The van der Waals surface area contributed by atoms with E-state index in [0.717, 1.165) is 13.2 Å². The normalized spacial score (nSPS) is 14.5. The highest BCUT2D eigenvalue weighted by atomic mass is 32.2. The van der Waals surface area contributed by atoms with E-state index in [2.05, 4.69) is 20.8 Å². The average Bonchev–Trinajstić information content (AvgIpc) is 2.55. The summed E-state index contributed by atoms with van der Waals surface area (Å²) in [6.07, 6.45) is -7.16. The van der Waals surface area contributed by atoms with Gasteiger partial charge in [0.25, 0.3) is 0 Å². The number of alkyl halides is 9. The van der Waals surface area contributed by atoms with Crippen LogP contribution in [-0.2, 0) is 14.9 Å². The fraction of sp³-hybridized carbons (Fsp3) is 1.00. The van der Waals surface area contributed by atoms with Crippen LogP contribution < -0.4 is 0 Å². The van der Waals surface area contributed by atoms with Gasteiger partial charge in [-0.25, -0.2) is 8.42 Å². The van der Waals surface area contributed by atoms with Crippen LogP contribution in [0.3, 0.4) is 0 Å². The molecule has 5 nitrogen and oxygen atoms in total. The van der Waals surface area contributed by atoms with Gasteiger partial charge in [0, 0.05) is 7.11 Å². The van der Waals surface area contributed by atoms with Crippen molar-refractivity contribution >= 4 is 10.1 Å². The predicted octanol–water partition coefficient (Wildman–Crippen LogP) is 3.47. The molecule has 0 aromatic carbocycles. The van der Waals surface area contributed by atoms with Crippen LogP contribution in [0.2, 0.25) is 0 Å². The Morgan fingerprint density at radius 1 is 0.821 bits per heavy atom. The molecule has 0 aliphatic carbocycles. The minimum Gasteiger partial charge on any atom is -0.743 e. The minimum absolute atomic E-state index is 0.884. The lowest BCUT2D eigenvalue weighted by Crippen LogP contribution is -2.63. The largest absolute Gasteiger partial charge is 0.743 e. The molecule has 172 valence electrons. The molecule has 0 unspecified atom stereocenters. The zero-order valence-corrected chi connectivity index (χ0v) is 16.2. The van der Waals surface area contributed by atoms with E-state index in [9.17, 15) is 52.5 Å². The second kappa shape index (κ2) is 9.80. The Morgan fingerprint density at radius 3 is 1.39 bits per heavy atom. The van der Waals surface area contributed by atoms with Gasteiger partial charge in [-0.1, -0.05) is 0 Å². The third kappa shape index (κ3) is 6.10. The molecule has 0 N–H and O–H groups in total. The van der Waals surface area contributed by atoms with Gasteiger partial charge in [-0.05, 0) is 20.8 Å². The second-order valence-corrected chi connectivity index (χ2v) is 7.05. The number of nitrogens with zero attached hydrogens (tertiary/aromatic N) is 1. The van der Waals surface area contributed by atoms with Crippen LogP contribution in [0.4, 0.5) is 39.5 Å². The Morgan fingerprint density at radius 2 is 1.18 bits per heavy atom. The molecule has 0 aliphatic rings. The van der Waals surface area contributed by atoms with Crippen LogP contribution in [0, 0.1) is 0 Å². The zero-order valence-electron chi connectivity index (χ0n) is 15.4. The Bertz CT molecular complexity index is 567. The molecule has 28 heavy (non-hydrogen) atoms. The monoisotopic (exact) mass is 459 g/mol. The maximum absolute atomic E-state index is 12.2. The van der Waals surface area contributed by atoms with Crippen molar-refractivity contribution in [3.63, 3.8) is 0 Å². The molecule has 0 saturated heterocycles. The highest BCUT2D eigenvalue weighted by Crippen LogP contribution is 2.54. The van der Waals surface area contributed by atoms with Crippen molar-refractivity contribution in [2.75, 3.05) is 39.9 Å². The first kappa shape index (κ1) is 29.4. The van der Waals surface area contributed by atoms with Gasteiger partial charge < -0.3 is 13.8 Å².